The van der Waals surface area contributed by atoms with Crippen molar-refractivity contribution in [3.8, 4) is 0 Å². The van der Waals surface area contributed by atoms with E-state index < -0.39 is 9.84 Å². The van der Waals surface area contributed by atoms with E-state index in [-0.39, 0.29) is 36.0 Å². The largest absolute Gasteiger partial charge is 0.348 e. The molecular formula is C14H23N5O4S. The fraction of sp³-hybridized carbons (Fsp3) is 0.786. The van der Waals surface area contributed by atoms with E-state index in [2.05, 4.69) is 15.0 Å². The first-order valence-corrected chi connectivity index (χ1v) is 9.75. The van der Waals surface area contributed by atoms with E-state index in [0.717, 1.165) is 0 Å². The molecule has 3 rings (SSSR count). The van der Waals surface area contributed by atoms with Gasteiger partial charge < -0.3 is 9.42 Å². The summed E-state index contributed by atoms with van der Waals surface area (Å²) in [7, 11) is 0.303. The number of hydrogen-bond acceptors (Lipinski definition) is 8. The van der Waals surface area contributed by atoms with Crippen molar-refractivity contribution < 1.29 is 17.7 Å². The van der Waals surface area contributed by atoms with Gasteiger partial charge in [-0.3, -0.25) is 14.6 Å². The predicted octanol–water partition coefficient (Wildman–Crippen LogP) is -1.25. The standard InChI is InChI=1S/C14H23N5O4S/c1-10-15-13(23-16-10)6-18-4-5-19(7-14(20)17(2)3)12-9-24(21,22)8-11(12)18/h11-12H,4-9H2,1-3H3/t11-,12+/m1/s1. The second-order valence-corrected chi connectivity index (χ2v) is 8.83. The third-order valence-electron chi connectivity index (χ3n) is 4.65. The molecule has 2 fully saturated rings. The van der Waals surface area contributed by atoms with Crippen LogP contribution in [-0.2, 0) is 21.2 Å². The molecule has 0 N–H and O–H groups in total. The molecule has 1 aromatic rings. The molecule has 1 amide bonds. The summed E-state index contributed by atoms with van der Waals surface area (Å²) in [4.78, 5) is 21.8. The number of nitrogens with zero attached hydrogens (tertiary/aromatic N) is 5. The summed E-state index contributed by atoms with van der Waals surface area (Å²) in [5.74, 6) is 1.25. The summed E-state index contributed by atoms with van der Waals surface area (Å²) in [5.41, 5.74) is 0. The van der Waals surface area contributed by atoms with E-state index in [1.54, 1.807) is 21.0 Å². The van der Waals surface area contributed by atoms with Gasteiger partial charge in [0.15, 0.2) is 15.7 Å². The van der Waals surface area contributed by atoms with E-state index in [1.807, 2.05) is 4.90 Å². The number of aryl methyl sites for hydroxylation is 1. The number of fused-ring (bicyclic) bond motifs is 1. The van der Waals surface area contributed by atoms with Crippen LogP contribution in [0.2, 0.25) is 0 Å². The first-order chi connectivity index (χ1) is 11.2. The Morgan fingerprint density at radius 1 is 1.25 bits per heavy atom. The van der Waals surface area contributed by atoms with Gasteiger partial charge in [-0.15, -0.1) is 0 Å². The number of aromatic nitrogens is 2. The summed E-state index contributed by atoms with van der Waals surface area (Å²) in [5, 5.41) is 3.78. The number of piperazine rings is 1. The maximum absolute atomic E-state index is 12.2. The zero-order valence-corrected chi connectivity index (χ0v) is 15.0. The van der Waals surface area contributed by atoms with Crippen LogP contribution < -0.4 is 0 Å². The fourth-order valence-electron chi connectivity index (χ4n) is 3.38. The molecule has 2 aliphatic rings. The average Bonchev–Trinajstić information content (AvgIpc) is 3.03. The van der Waals surface area contributed by atoms with E-state index in [1.165, 1.54) is 4.90 Å². The van der Waals surface area contributed by atoms with Gasteiger partial charge in [0.25, 0.3) is 0 Å². The Labute approximate surface area is 141 Å². The molecule has 134 valence electrons. The highest BCUT2D eigenvalue weighted by Crippen LogP contribution is 2.28. The number of sulfone groups is 1. The summed E-state index contributed by atoms with van der Waals surface area (Å²) < 4.78 is 29.5. The molecule has 0 aromatic carbocycles. The van der Waals surface area contributed by atoms with Crippen LogP contribution in [0.25, 0.3) is 0 Å². The van der Waals surface area contributed by atoms with Crippen molar-refractivity contribution in [2.24, 2.45) is 0 Å². The highest BCUT2D eigenvalue weighted by Gasteiger charge is 2.47. The summed E-state index contributed by atoms with van der Waals surface area (Å²) in [6.45, 7) is 3.74. The Bertz CT molecular complexity index is 717. The van der Waals surface area contributed by atoms with Crippen molar-refractivity contribution in [2.75, 3.05) is 45.2 Å². The molecule has 0 bridgehead atoms. The van der Waals surface area contributed by atoms with Gasteiger partial charge in [0.1, 0.15) is 0 Å². The minimum absolute atomic E-state index is 0.0148. The topological polar surface area (TPSA) is 99.9 Å². The van der Waals surface area contributed by atoms with Crippen LogP contribution in [-0.4, -0.2) is 96.5 Å². The smallest absolute Gasteiger partial charge is 0.240 e. The number of likely N-dealkylation sites (N-methyl/N-ethyl adjacent to an activating group) is 1. The molecule has 9 nitrogen and oxygen atoms in total. The van der Waals surface area contributed by atoms with Crippen molar-refractivity contribution in [3.63, 3.8) is 0 Å². The Kier molecular flexibility index (Phi) is 4.63. The maximum Gasteiger partial charge on any atom is 0.240 e. The lowest BCUT2D eigenvalue weighted by Gasteiger charge is -2.43. The van der Waals surface area contributed by atoms with E-state index >= 15 is 0 Å². The van der Waals surface area contributed by atoms with Crippen LogP contribution in [0.1, 0.15) is 11.7 Å². The van der Waals surface area contributed by atoms with Crippen molar-refractivity contribution in [3.05, 3.63) is 11.7 Å². The molecule has 2 aliphatic heterocycles. The molecule has 10 heteroatoms. The first kappa shape index (κ1) is 17.3. The third-order valence-corrected chi connectivity index (χ3v) is 6.35. The SMILES string of the molecule is Cc1noc(CN2CCN(CC(=O)N(C)C)[C@H]3CS(=O)(=O)C[C@H]32)n1. The van der Waals surface area contributed by atoms with E-state index in [4.69, 9.17) is 4.52 Å². The van der Waals surface area contributed by atoms with Gasteiger partial charge in [-0.25, -0.2) is 8.42 Å². The molecular weight excluding hydrogens is 334 g/mol. The van der Waals surface area contributed by atoms with Gasteiger partial charge in [0.2, 0.25) is 11.8 Å². The minimum Gasteiger partial charge on any atom is -0.348 e. The zero-order valence-electron chi connectivity index (χ0n) is 14.2. The monoisotopic (exact) mass is 357 g/mol. The molecule has 0 saturated carbocycles. The molecule has 1 aromatic heterocycles. The lowest BCUT2D eigenvalue weighted by Crippen LogP contribution is -2.60. The Morgan fingerprint density at radius 3 is 2.46 bits per heavy atom. The first-order valence-electron chi connectivity index (χ1n) is 7.93. The normalized spacial score (nSPS) is 27.1. The molecule has 2 saturated heterocycles. The average molecular weight is 357 g/mol. The zero-order chi connectivity index (χ0) is 17.5. The molecule has 0 radical (unpaired) electrons. The van der Waals surface area contributed by atoms with E-state index in [9.17, 15) is 13.2 Å². The van der Waals surface area contributed by atoms with Crippen LogP contribution in [0.3, 0.4) is 0 Å². The van der Waals surface area contributed by atoms with Crippen LogP contribution in [0.4, 0.5) is 0 Å². The van der Waals surface area contributed by atoms with Gasteiger partial charge in [-0.1, -0.05) is 5.16 Å². The highest BCUT2D eigenvalue weighted by atomic mass is 32.2. The van der Waals surface area contributed by atoms with Crippen LogP contribution in [0, 0.1) is 6.92 Å². The number of carbonyl (C=O) groups is 1. The van der Waals surface area contributed by atoms with Crippen molar-refractivity contribution in [2.45, 2.75) is 25.6 Å². The van der Waals surface area contributed by atoms with Gasteiger partial charge >= 0.3 is 0 Å². The fourth-order valence-corrected chi connectivity index (χ4v) is 5.43. The lowest BCUT2D eigenvalue weighted by atomic mass is 10.0. The van der Waals surface area contributed by atoms with Crippen molar-refractivity contribution in [1.29, 1.82) is 0 Å². The maximum atomic E-state index is 12.2. The molecule has 0 aliphatic carbocycles. The lowest BCUT2D eigenvalue weighted by molar-refractivity contribution is -0.131. The number of carbonyl (C=O) groups excluding carboxylic acids is 1. The van der Waals surface area contributed by atoms with Gasteiger partial charge in [-0.05, 0) is 6.92 Å². The quantitative estimate of drug-likeness (QED) is 0.659. The highest BCUT2D eigenvalue weighted by molar-refractivity contribution is 7.91. The molecule has 3 heterocycles. The van der Waals surface area contributed by atoms with Crippen molar-refractivity contribution in [1.82, 2.24) is 24.8 Å². The van der Waals surface area contributed by atoms with Crippen molar-refractivity contribution >= 4 is 15.7 Å². The minimum atomic E-state index is -3.11. The van der Waals surface area contributed by atoms with Crippen LogP contribution in [0.15, 0.2) is 4.52 Å². The second kappa shape index (κ2) is 6.41. The molecule has 0 spiro atoms. The number of amides is 1. The second-order valence-electron chi connectivity index (χ2n) is 6.68. The Hall–Kier alpha value is -1.52. The van der Waals surface area contributed by atoms with Gasteiger partial charge in [0, 0.05) is 39.3 Å². The summed E-state index contributed by atoms with van der Waals surface area (Å²) >= 11 is 0. The summed E-state index contributed by atoms with van der Waals surface area (Å²) in [6, 6.07) is -0.317. The Morgan fingerprint density at radius 2 is 1.88 bits per heavy atom. The molecule has 0 unspecified atom stereocenters. The van der Waals surface area contributed by atoms with Crippen LogP contribution >= 0.6 is 0 Å². The van der Waals surface area contributed by atoms with E-state index in [0.29, 0.717) is 31.3 Å². The van der Waals surface area contributed by atoms with Gasteiger partial charge in [0.05, 0.1) is 24.6 Å². The Balaban J connectivity index is 1.76. The molecule has 24 heavy (non-hydrogen) atoms. The third kappa shape index (κ3) is 3.60. The number of rotatable bonds is 4. The van der Waals surface area contributed by atoms with Gasteiger partial charge in [-0.2, -0.15) is 4.98 Å². The number of hydrogen-bond donors (Lipinski definition) is 0. The predicted molar refractivity (Wildman–Crippen MR) is 85.9 cm³/mol. The summed E-state index contributed by atoms with van der Waals surface area (Å²) in [6.07, 6.45) is 0. The molecule has 2 atom stereocenters. The van der Waals surface area contributed by atoms with Crippen LogP contribution in [0.5, 0.6) is 0 Å².